The van der Waals surface area contributed by atoms with Crippen LogP contribution in [-0.2, 0) is 4.74 Å². The summed E-state index contributed by atoms with van der Waals surface area (Å²) in [4.78, 5) is 27.3. The molecule has 3 rings (SSSR count). The largest absolute Gasteiger partial charge is 0.457 e. The van der Waals surface area contributed by atoms with Gasteiger partial charge < -0.3 is 9.64 Å². The highest BCUT2D eigenvalue weighted by atomic mass is 16.5. The van der Waals surface area contributed by atoms with Gasteiger partial charge in [0.05, 0.1) is 12.1 Å². The number of aryl methyl sites for hydroxylation is 3. The maximum atomic E-state index is 12.3. The number of nitrogens with zero attached hydrogens (tertiary/aromatic N) is 4. The molecule has 6 heteroatoms. The van der Waals surface area contributed by atoms with Crippen molar-refractivity contribution in [1.82, 2.24) is 15.0 Å². The average Bonchev–Trinajstić information content (AvgIpc) is 2.54. The zero-order valence-corrected chi connectivity index (χ0v) is 14.3. The predicted molar refractivity (Wildman–Crippen MR) is 91.1 cm³/mol. The minimum atomic E-state index is -0.312. The molecule has 2 aromatic rings. The SMILES string of the molecule is Cc1cncc(C(=O)OC2CCCN(c3cc(C)nc(C)n3)C2)c1. The van der Waals surface area contributed by atoms with Crippen LogP contribution in [0.3, 0.4) is 0 Å². The topological polar surface area (TPSA) is 68.2 Å². The molecule has 1 unspecified atom stereocenters. The molecular weight excluding hydrogens is 304 g/mol. The lowest BCUT2D eigenvalue weighted by molar-refractivity contribution is 0.0268. The molecule has 6 nitrogen and oxygen atoms in total. The van der Waals surface area contributed by atoms with Gasteiger partial charge in [-0.1, -0.05) is 0 Å². The molecule has 0 radical (unpaired) electrons. The Morgan fingerprint density at radius 3 is 2.79 bits per heavy atom. The van der Waals surface area contributed by atoms with Crippen LogP contribution in [0.1, 0.15) is 40.3 Å². The molecule has 3 heterocycles. The third-order valence-electron chi connectivity index (χ3n) is 4.04. The zero-order valence-electron chi connectivity index (χ0n) is 14.3. The molecule has 0 bridgehead atoms. The highest BCUT2D eigenvalue weighted by molar-refractivity contribution is 5.89. The molecule has 24 heavy (non-hydrogen) atoms. The minimum absolute atomic E-state index is 0.137. The summed E-state index contributed by atoms with van der Waals surface area (Å²) in [5.41, 5.74) is 2.39. The van der Waals surface area contributed by atoms with E-state index in [0.717, 1.165) is 42.3 Å². The van der Waals surface area contributed by atoms with Crippen molar-refractivity contribution in [3.63, 3.8) is 0 Å². The number of carbonyl (C=O) groups is 1. The first-order chi connectivity index (χ1) is 11.5. The van der Waals surface area contributed by atoms with E-state index in [9.17, 15) is 4.79 Å². The number of rotatable bonds is 3. The van der Waals surface area contributed by atoms with E-state index in [-0.39, 0.29) is 12.1 Å². The Hall–Kier alpha value is -2.50. The van der Waals surface area contributed by atoms with E-state index in [0.29, 0.717) is 12.1 Å². The predicted octanol–water partition coefficient (Wildman–Crippen LogP) is 2.62. The van der Waals surface area contributed by atoms with Crippen LogP contribution in [0, 0.1) is 20.8 Å². The normalized spacial score (nSPS) is 17.6. The van der Waals surface area contributed by atoms with Gasteiger partial charge in [0.15, 0.2) is 0 Å². The van der Waals surface area contributed by atoms with Crippen LogP contribution in [0.4, 0.5) is 5.82 Å². The molecular formula is C18H22N4O2. The van der Waals surface area contributed by atoms with Crippen molar-refractivity contribution in [3.05, 3.63) is 47.2 Å². The zero-order chi connectivity index (χ0) is 17.1. The Balaban J connectivity index is 1.68. The first-order valence-corrected chi connectivity index (χ1v) is 8.21. The van der Waals surface area contributed by atoms with Crippen molar-refractivity contribution in [2.45, 2.75) is 39.7 Å². The summed E-state index contributed by atoms with van der Waals surface area (Å²) >= 11 is 0. The standard InChI is InChI=1S/C18H22N4O2/c1-12-7-15(10-19-9-12)18(23)24-16-5-4-6-22(11-16)17-8-13(2)20-14(3)21-17/h7-10,16H,4-6,11H2,1-3H3. The first kappa shape index (κ1) is 16.4. The van der Waals surface area contributed by atoms with Gasteiger partial charge in [-0.05, 0) is 45.2 Å². The van der Waals surface area contributed by atoms with Crippen LogP contribution < -0.4 is 4.90 Å². The summed E-state index contributed by atoms with van der Waals surface area (Å²) < 4.78 is 5.68. The van der Waals surface area contributed by atoms with Crippen LogP contribution in [0.2, 0.25) is 0 Å². The number of carbonyl (C=O) groups excluding carboxylic acids is 1. The number of aromatic nitrogens is 3. The Morgan fingerprint density at radius 2 is 2.04 bits per heavy atom. The van der Waals surface area contributed by atoms with Crippen LogP contribution in [-0.4, -0.2) is 40.1 Å². The molecule has 1 atom stereocenters. The average molecular weight is 326 g/mol. The van der Waals surface area contributed by atoms with Gasteiger partial charge in [-0.25, -0.2) is 14.8 Å². The lowest BCUT2D eigenvalue weighted by Gasteiger charge is -2.33. The van der Waals surface area contributed by atoms with Crippen LogP contribution in [0.15, 0.2) is 24.5 Å². The van der Waals surface area contributed by atoms with Crippen molar-refractivity contribution in [3.8, 4) is 0 Å². The van der Waals surface area contributed by atoms with Crippen molar-refractivity contribution in [2.24, 2.45) is 0 Å². The second kappa shape index (κ2) is 6.95. The minimum Gasteiger partial charge on any atom is -0.457 e. The molecule has 0 aliphatic carbocycles. The highest BCUT2D eigenvalue weighted by Crippen LogP contribution is 2.21. The number of anilines is 1. The number of hydrogen-bond acceptors (Lipinski definition) is 6. The summed E-state index contributed by atoms with van der Waals surface area (Å²) in [6, 6.07) is 3.77. The van der Waals surface area contributed by atoms with Gasteiger partial charge in [0.1, 0.15) is 17.7 Å². The van der Waals surface area contributed by atoms with Gasteiger partial charge >= 0.3 is 5.97 Å². The fourth-order valence-corrected chi connectivity index (χ4v) is 2.99. The third-order valence-corrected chi connectivity index (χ3v) is 4.04. The molecule has 0 aromatic carbocycles. The monoisotopic (exact) mass is 326 g/mol. The van der Waals surface area contributed by atoms with E-state index in [1.54, 1.807) is 18.5 Å². The molecule has 1 fully saturated rings. The maximum Gasteiger partial charge on any atom is 0.340 e. The van der Waals surface area contributed by atoms with Crippen LogP contribution >= 0.6 is 0 Å². The summed E-state index contributed by atoms with van der Waals surface area (Å²) in [6.45, 7) is 7.33. The quantitative estimate of drug-likeness (QED) is 0.808. The summed E-state index contributed by atoms with van der Waals surface area (Å²) in [7, 11) is 0. The van der Waals surface area contributed by atoms with Crippen LogP contribution in [0.5, 0.6) is 0 Å². The van der Waals surface area contributed by atoms with Gasteiger partial charge in [0.25, 0.3) is 0 Å². The molecule has 1 aliphatic rings. The van der Waals surface area contributed by atoms with Gasteiger partial charge in [0.2, 0.25) is 0 Å². The summed E-state index contributed by atoms with van der Waals surface area (Å²) in [6.07, 6.45) is 4.96. The Kier molecular flexibility index (Phi) is 4.74. The number of ether oxygens (including phenoxy) is 1. The molecule has 0 saturated carbocycles. The third kappa shape index (κ3) is 3.88. The second-order valence-electron chi connectivity index (χ2n) is 6.28. The number of hydrogen-bond donors (Lipinski definition) is 0. The van der Waals surface area contributed by atoms with E-state index in [4.69, 9.17) is 4.74 Å². The number of piperidine rings is 1. The number of pyridine rings is 1. The molecule has 126 valence electrons. The fraction of sp³-hybridized carbons (Fsp3) is 0.444. The smallest absolute Gasteiger partial charge is 0.340 e. The molecule has 0 amide bonds. The number of esters is 1. The van der Waals surface area contributed by atoms with E-state index in [1.165, 1.54) is 0 Å². The van der Waals surface area contributed by atoms with Crippen molar-refractivity contribution in [2.75, 3.05) is 18.0 Å². The van der Waals surface area contributed by atoms with E-state index >= 15 is 0 Å². The Labute approximate surface area is 141 Å². The molecule has 1 saturated heterocycles. The van der Waals surface area contributed by atoms with E-state index in [2.05, 4.69) is 19.9 Å². The van der Waals surface area contributed by atoms with Crippen molar-refractivity contribution in [1.29, 1.82) is 0 Å². The van der Waals surface area contributed by atoms with E-state index in [1.807, 2.05) is 26.8 Å². The molecule has 0 N–H and O–H groups in total. The molecule has 2 aromatic heterocycles. The van der Waals surface area contributed by atoms with Crippen molar-refractivity contribution < 1.29 is 9.53 Å². The maximum absolute atomic E-state index is 12.3. The second-order valence-corrected chi connectivity index (χ2v) is 6.28. The summed E-state index contributed by atoms with van der Waals surface area (Å²) in [5, 5.41) is 0. The lowest BCUT2D eigenvalue weighted by atomic mass is 10.1. The Morgan fingerprint density at radius 1 is 1.21 bits per heavy atom. The highest BCUT2D eigenvalue weighted by Gasteiger charge is 2.25. The van der Waals surface area contributed by atoms with Gasteiger partial charge in [0, 0.05) is 30.7 Å². The van der Waals surface area contributed by atoms with Crippen LogP contribution in [0.25, 0.3) is 0 Å². The van der Waals surface area contributed by atoms with E-state index < -0.39 is 0 Å². The fourth-order valence-electron chi connectivity index (χ4n) is 2.99. The Bertz CT molecular complexity index is 727. The van der Waals surface area contributed by atoms with Gasteiger partial charge in [-0.15, -0.1) is 0 Å². The lowest BCUT2D eigenvalue weighted by Crippen LogP contribution is -2.41. The summed E-state index contributed by atoms with van der Waals surface area (Å²) in [5.74, 6) is 1.35. The molecule has 0 spiro atoms. The van der Waals surface area contributed by atoms with Gasteiger partial charge in [-0.2, -0.15) is 0 Å². The first-order valence-electron chi connectivity index (χ1n) is 8.21. The van der Waals surface area contributed by atoms with Gasteiger partial charge in [-0.3, -0.25) is 4.98 Å². The van der Waals surface area contributed by atoms with Crippen molar-refractivity contribution >= 4 is 11.8 Å². The molecule has 1 aliphatic heterocycles.